The molecule has 0 unspecified atom stereocenters. The van der Waals surface area contributed by atoms with Gasteiger partial charge in [-0.3, -0.25) is 0 Å². The van der Waals surface area contributed by atoms with Crippen LogP contribution >= 0.6 is 0 Å². The van der Waals surface area contributed by atoms with Gasteiger partial charge in [-0.2, -0.15) is 0 Å². The summed E-state index contributed by atoms with van der Waals surface area (Å²) in [5.41, 5.74) is 14.5. The highest BCUT2D eigenvalue weighted by Crippen LogP contribution is 2.32. The Labute approximate surface area is 168 Å². The molecule has 5 N–H and O–H groups in total. The molecule has 0 amide bonds. The van der Waals surface area contributed by atoms with Crippen LogP contribution in [0.15, 0.2) is 47.7 Å². The molecule has 7 nitrogen and oxygen atoms in total. The molecule has 0 saturated carbocycles. The summed E-state index contributed by atoms with van der Waals surface area (Å²) >= 11 is 0. The van der Waals surface area contributed by atoms with Crippen LogP contribution in [0.4, 0.5) is 34.8 Å². The summed E-state index contributed by atoms with van der Waals surface area (Å²) < 4.78 is 55.8. The minimum Gasteiger partial charge on any atom is -0.396 e. The first-order valence-corrected chi connectivity index (χ1v) is 8.60. The summed E-state index contributed by atoms with van der Waals surface area (Å²) in [6, 6.07) is 6.85. The number of nitrogens with one attached hydrogen (secondary N) is 1. The summed E-state index contributed by atoms with van der Waals surface area (Å²) in [6.07, 6.45) is 1.29. The minimum absolute atomic E-state index is 0.00635. The van der Waals surface area contributed by atoms with E-state index in [1.165, 1.54) is 41.6 Å². The van der Waals surface area contributed by atoms with Gasteiger partial charge >= 0.3 is 0 Å². The van der Waals surface area contributed by atoms with Crippen molar-refractivity contribution in [2.45, 2.75) is 0 Å². The quantitative estimate of drug-likeness (QED) is 0.448. The van der Waals surface area contributed by atoms with Crippen molar-refractivity contribution in [1.82, 2.24) is 15.6 Å². The Kier molecular flexibility index (Phi) is 4.66. The van der Waals surface area contributed by atoms with E-state index in [1.54, 1.807) is 0 Å². The lowest BCUT2D eigenvalue weighted by Gasteiger charge is -2.26. The molecular formula is C19H15F4N7. The maximum absolute atomic E-state index is 14.4. The largest absolute Gasteiger partial charge is 0.396 e. The first-order valence-electron chi connectivity index (χ1n) is 8.60. The molecule has 30 heavy (non-hydrogen) atoms. The van der Waals surface area contributed by atoms with Crippen LogP contribution in [-0.4, -0.2) is 23.0 Å². The van der Waals surface area contributed by atoms with Gasteiger partial charge < -0.3 is 11.5 Å². The molecule has 1 aliphatic rings. The molecule has 154 valence electrons. The van der Waals surface area contributed by atoms with Crippen LogP contribution < -0.4 is 22.0 Å². The van der Waals surface area contributed by atoms with E-state index in [0.29, 0.717) is 6.07 Å². The van der Waals surface area contributed by atoms with Crippen molar-refractivity contribution >= 4 is 23.0 Å². The Balaban J connectivity index is 1.85. The van der Waals surface area contributed by atoms with Gasteiger partial charge in [0.2, 0.25) is 0 Å². The van der Waals surface area contributed by atoms with Gasteiger partial charge in [0.25, 0.3) is 0 Å². The van der Waals surface area contributed by atoms with Gasteiger partial charge in [0.1, 0.15) is 23.1 Å². The van der Waals surface area contributed by atoms with E-state index in [2.05, 4.69) is 15.6 Å². The zero-order chi connectivity index (χ0) is 21.6. The summed E-state index contributed by atoms with van der Waals surface area (Å²) in [5, 5.41) is 6.64. The molecule has 1 aliphatic heterocycles. The van der Waals surface area contributed by atoms with E-state index in [-0.39, 0.29) is 39.7 Å². The molecule has 0 aliphatic carbocycles. The number of pyridine rings is 1. The lowest BCUT2D eigenvalue weighted by atomic mass is 10.0. The van der Waals surface area contributed by atoms with E-state index in [1.807, 2.05) is 0 Å². The third-order valence-electron chi connectivity index (χ3n) is 4.53. The van der Waals surface area contributed by atoms with Crippen LogP contribution in [0.1, 0.15) is 5.56 Å². The maximum atomic E-state index is 14.4. The van der Waals surface area contributed by atoms with Crippen molar-refractivity contribution < 1.29 is 17.6 Å². The number of hydrazone groups is 1. The first kappa shape index (κ1) is 19.5. The monoisotopic (exact) mass is 417 g/mol. The maximum Gasteiger partial charge on any atom is 0.184 e. The van der Waals surface area contributed by atoms with Gasteiger partial charge in [-0.1, -0.05) is 6.07 Å². The van der Waals surface area contributed by atoms with E-state index < -0.39 is 23.3 Å². The Bertz CT molecular complexity index is 1180. The van der Waals surface area contributed by atoms with Gasteiger partial charge in [-0.05, 0) is 24.3 Å². The molecule has 4 rings (SSSR count). The fraction of sp³-hybridized carbons (Fsp3) is 0.0526. The van der Waals surface area contributed by atoms with E-state index in [4.69, 9.17) is 11.5 Å². The van der Waals surface area contributed by atoms with Crippen LogP contribution in [0, 0.1) is 23.3 Å². The predicted octanol–water partition coefficient (Wildman–Crippen LogP) is 3.00. The molecule has 0 spiro atoms. The molecule has 2 aromatic carbocycles. The smallest absolute Gasteiger partial charge is 0.184 e. The average molecular weight is 417 g/mol. The number of hydrogen-bond acceptors (Lipinski definition) is 7. The molecule has 0 bridgehead atoms. The number of hydrazine groups is 2. The van der Waals surface area contributed by atoms with Crippen LogP contribution in [-0.2, 0) is 0 Å². The highest BCUT2D eigenvalue weighted by molar-refractivity contribution is 6.13. The number of halogens is 4. The molecule has 3 aromatic rings. The number of nitrogens with zero attached hydrogens (tertiary/aromatic N) is 4. The number of amidine groups is 1. The molecule has 2 heterocycles. The molecule has 0 atom stereocenters. The lowest BCUT2D eigenvalue weighted by molar-refractivity contribution is 0.275. The van der Waals surface area contributed by atoms with Gasteiger partial charge in [-0.25, -0.2) is 33.1 Å². The van der Waals surface area contributed by atoms with E-state index >= 15 is 0 Å². The normalized spacial score (nSPS) is 14.0. The fourth-order valence-electron chi connectivity index (χ4n) is 3.09. The third kappa shape index (κ3) is 3.14. The second-order valence-electron chi connectivity index (χ2n) is 6.45. The molecule has 0 saturated heterocycles. The fourth-order valence-corrected chi connectivity index (χ4v) is 3.09. The van der Waals surface area contributed by atoms with Gasteiger partial charge in [0.05, 0.1) is 11.3 Å². The van der Waals surface area contributed by atoms with Gasteiger partial charge in [-0.15, -0.1) is 10.2 Å². The lowest BCUT2D eigenvalue weighted by Crippen LogP contribution is -2.44. The van der Waals surface area contributed by atoms with Crippen molar-refractivity contribution in [3.63, 3.8) is 0 Å². The zero-order valence-corrected chi connectivity index (χ0v) is 15.5. The molecule has 1 aromatic heterocycles. The SMILES string of the molecule is CN1NN=C(c2cc(-c3cc(F)cc(F)c3N)cnc2N)N1c1cccc(F)c1F. The number of aromatic nitrogens is 1. The van der Waals surface area contributed by atoms with Crippen molar-refractivity contribution in [3.8, 4) is 11.1 Å². The van der Waals surface area contributed by atoms with E-state index in [0.717, 1.165) is 12.1 Å². The second-order valence-corrected chi connectivity index (χ2v) is 6.45. The standard InChI is InChI=1S/C19H15F4N7/c1-29-28-27-19(30(29)15-4-2-3-13(21)16(15)23)12-5-9(8-26-18(12)25)11-6-10(20)7-14(22)17(11)24/h2-8,28H,24H2,1H3,(H2,25,26). The number of nitrogens with two attached hydrogens (primary N) is 2. The van der Waals surface area contributed by atoms with E-state index in [9.17, 15) is 17.6 Å². The Hall–Kier alpha value is -3.86. The second kappa shape index (κ2) is 7.19. The van der Waals surface area contributed by atoms with Crippen molar-refractivity contribution in [3.05, 3.63) is 71.4 Å². The van der Waals surface area contributed by atoms with Gasteiger partial charge in [0, 0.05) is 30.4 Å². The Morgan fingerprint density at radius 2 is 1.73 bits per heavy atom. The van der Waals surface area contributed by atoms with Crippen LogP contribution in [0.25, 0.3) is 11.1 Å². The topological polar surface area (TPSA) is 95.8 Å². The zero-order valence-electron chi connectivity index (χ0n) is 15.5. The summed E-state index contributed by atoms with van der Waals surface area (Å²) in [4.78, 5) is 4.05. The minimum atomic E-state index is -1.10. The van der Waals surface area contributed by atoms with Crippen molar-refractivity contribution in [1.29, 1.82) is 0 Å². The third-order valence-corrected chi connectivity index (χ3v) is 4.53. The number of anilines is 3. The molecule has 11 heteroatoms. The first-order chi connectivity index (χ1) is 14.3. The molecular weight excluding hydrogens is 402 g/mol. The Morgan fingerprint density at radius 3 is 2.50 bits per heavy atom. The Morgan fingerprint density at radius 1 is 0.967 bits per heavy atom. The van der Waals surface area contributed by atoms with Crippen molar-refractivity contribution in [2.75, 3.05) is 23.5 Å². The van der Waals surface area contributed by atoms with Crippen LogP contribution in [0.3, 0.4) is 0 Å². The average Bonchev–Trinajstić information content (AvgIpc) is 3.08. The number of rotatable bonds is 3. The molecule has 0 radical (unpaired) electrons. The number of hydrogen-bond donors (Lipinski definition) is 3. The highest BCUT2D eigenvalue weighted by Gasteiger charge is 2.31. The summed E-state index contributed by atoms with van der Waals surface area (Å²) in [5.74, 6) is -3.80. The number of nitrogen functional groups attached to an aromatic ring is 2. The number of benzene rings is 2. The predicted molar refractivity (Wildman–Crippen MR) is 105 cm³/mol. The molecule has 0 fully saturated rings. The summed E-state index contributed by atoms with van der Waals surface area (Å²) in [6.45, 7) is 0. The van der Waals surface area contributed by atoms with Crippen molar-refractivity contribution in [2.24, 2.45) is 5.10 Å². The van der Waals surface area contributed by atoms with Gasteiger partial charge in [0.15, 0.2) is 17.5 Å². The summed E-state index contributed by atoms with van der Waals surface area (Å²) in [7, 11) is 1.52. The van der Waals surface area contributed by atoms with Crippen LogP contribution in [0.2, 0.25) is 0 Å². The highest BCUT2D eigenvalue weighted by atomic mass is 19.2. The van der Waals surface area contributed by atoms with Crippen LogP contribution in [0.5, 0.6) is 0 Å².